The maximum atomic E-state index is 12.5. The number of hydrogen-bond donors (Lipinski definition) is 1. The highest BCUT2D eigenvalue weighted by atomic mass is 16.5. The third-order valence-corrected chi connectivity index (χ3v) is 5.04. The number of aryl methyl sites for hydroxylation is 1. The summed E-state index contributed by atoms with van der Waals surface area (Å²) < 4.78 is 5.13. The van der Waals surface area contributed by atoms with Gasteiger partial charge in [-0.05, 0) is 73.9 Å². The van der Waals surface area contributed by atoms with E-state index < -0.39 is 0 Å². The van der Waals surface area contributed by atoms with E-state index in [0.717, 1.165) is 41.2 Å². The van der Waals surface area contributed by atoms with Gasteiger partial charge in [-0.15, -0.1) is 0 Å². The SMILES string of the molecule is COc1ccc(C(=O)Nc2ccc3nc(N4CCCC4)cc(C)c3c2)cc1. The lowest BCUT2D eigenvalue weighted by Crippen LogP contribution is -2.19. The van der Waals surface area contributed by atoms with Crippen molar-refractivity contribution in [3.63, 3.8) is 0 Å². The van der Waals surface area contributed by atoms with Gasteiger partial charge in [-0.25, -0.2) is 4.98 Å². The fourth-order valence-corrected chi connectivity index (χ4v) is 3.51. The molecule has 2 heterocycles. The quantitative estimate of drug-likeness (QED) is 0.748. The number of amides is 1. The Bertz CT molecular complexity index is 977. The minimum atomic E-state index is -0.142. The molecule has 0 unspecified atom stereocenters. The number of nitrogens with zero attached hydrogens (tertiary/aromatic N) is 2. The standard InChI is InChI=1S/C22H23N3O2/c1-15-13-21(25-11-3-4-12-25)24-20-10-7-17(14-19(15)20)23-22(26)16-5-8-18(27-2)9-6-16/h5-10,13-14H,3-4,11-12H2,1-2H3,(H,23,26). The lowest BCUT2D eigenvalue weighted by atomic mass is 10.1. The summed E-state index contributed by atoms with van der Waals surface area (Å²) in [5.74, 6) is 1.64. The molecule has 3 aromatic rings. The molecule has 1 fully saturated rings. The molecule has 4 rings (SSSR count). The molecule has 1 aromatic heterocycles. The van der Waals surface area contributed by atoms with E-state index in [1.807, 2.05) is 18.2 Å². The van der Waals surface area contributed by atoms with Gasteiger partial charge in [-0.2, -0.15) is 0 Å². The highest BCUT2D eigenvalue weighted by molar-refractivity contribution is 6.05. The monoisotopic (exact) mass is 361 g/mol. The van der Waals surface area contributed by atoms with Crippen LogP contribution in [0.15, 0.2) is 48.5 Å². The Hall–Kier alpha value is -3.08. The third-order valence-electron chi connectivity index (χ3n) is 5.04. The predicted octanol–water partition coefficient (Wildman–Crippen LogP) is 4.40. The van der Waals surface area contributed by atoms with Crippen LogP contribution in [0, 0.1) is 6.92 Å². The van der Waals surface area contributed by atoms with Crippen molar-refractivity contribution in [3.05, 3.63) is 59.7 Å². The minimum absolute atomic E-state index is 0.142. The van der Waals surface area contributed by atoms with Gasteiger partial charge >= 0.3 is 0 Å². The van der Waals surface area contributed by atoms with Gasteiger partial charge in [0.2, 0.25) is 0 Å². The smallest absolute Gasteiger partial charge is 0.255 e. The summed E-state index contributed by atoms with van der Waals surface area (Å²) in [7, 11) is 1.61. The van der Waals surface area contributed by atoms with Gasteiger partial charge in [-0.3, -0.25) is 4.79 Å². The summed E-state index contributed by atoms with van der Waals surface area (Å²) in [6, 6.07) is 15.1. The van der Waals surface area contributed by atoms with Crippen LogP contribution in [0.1, 0.15) is 28.8 Å². The zero-order valence-electron chi connectivity index (χ0n) is 15.7. The molecule has 1 N–H and O–H groups in total. The maximum absolute atomic E-state index is 12.5. The second-order valence-corrected chi connectivity index (χ2v) is 6.91. The van der Waals surface area contributed by atoms with E-state index in [0.29, 0.717) is 5.56 Å². The number of pyridine rings is 1. The molecule has 1 saturated heterocycles. The van der Waals surface area contributed by atoms with Gasteiger partial charge in [-0.1, -0.05) is 0 Å². The van der Waals surface area contributed by atoms with Crippen LogP contribution in [0.4, 0.5) is 11.5 Å². The Morgan fingerprint density at radius 2 is 1.81 bits per heavy atom. The average Bonchev–Trinajstić information content (AvgIpc) is 3.23. The molecular formula is C22H23N3O2. The van der Waals surface area contributed by atoms with Crippen LogP contribution in [-0.2, 0) is 0 Å². The number of ether oxygens (including phenoxy) is 1. The van der Waals surface area contributed by atoms with Crippen LogP contribution < -0.4 is 15.0 Å². The van der Waals surface area contributed by atoms with Crippen molar-refractivity contribution in [2.45, 2.75) is 19.8 Å². The fraction of sp³-hybridized carbons (Fsp3) is 0.273. The first-order valence-electron chi connectivity index (χ1n) is 9.26. The normalized spacial score (nSPS) is 13.8. The van der Waals surface area contributed by atoms with E-state index in [1.54, 1.807) is 31.4 Å². The molecule has 1 aliphatic rings. The Kier molecular flexibility index (Phi) is 4.67. The van der Waals surface area contributed by atoms with Gasteiger partial charge in [0.05, 0.1) is 12.6 Å². The molecule has 5 heteroatoms. The van der Waals surface area contributed by atoms with Crippen LogP contribution in [0.2, 0.25) is 0 Å². The Balaban J connectivity index is 1.58. The summed E-state index contributed by atoms with van der Waals surface area (Å²) in [6.45, 7) is 4.25. The molecule has 0 aliphatic carbocycles. The second-order valence-electron chi connectivity index (χ2n) is 6.91. The number of methoxy groups -OCH3 is 1. The Labute approximate surface area is 159 Å². The van der Waals surface area contributed by atoms with Crippen molar-refractivity contribution in [2.24, 2.45) is 0 Å². The Morgan fingerprint density at radius 1 is 1.07 bits per heavy atom. The molecule has 0 atom stereocenters. The van der Waals surface area contributed by atoms with Crippen molar-refractivity contribution >= 4 is 28.3 Å². The molecule has 2 aromatic carbocycles. The van der Waals surface area contributed by atoms with Crippen LogP contribution >= 0.6 is 0 Å². The van der Waals surface area contributed by atoms with Crippen molar-refractivity contribution in [2.75, 3.05) is 30.4 Å². The topological polar surface area (TPSA) is 54.5 Å². The van der Waals surface area contributed by atoms with Gasteiger partial charge in [0, 0.05) is 29.7 Å². The molecule has 1 aliphatic heterocycles. The van der Waals surface area contributed by atoms with E-state index in [1.165, 1.54) is 18.4 Å². The molecule has 1 amide bonds. The first-order valence-corrected chi connectivity index (χ1v) is 9.26. The summed E-state index contributed by atoms with van der Waals surface area (Å²) in [4.78, 5) is 19.6. The third kappa shape index (κ3) is 3.58. The van der Waals surface area contributed by atoms with Crippen molar-refractivity contribution in [1.82, 2.24) is 4.98 Å². The van der Waals surface area contributed by atoms with Gasteiger partial charge in [0.25, 0.3) is 5.91 Å². The fourth-order valence-electron chi connectivity index (χ4n) is 3.51. The van der Waals surface area contributed by atoms with E-state index in [2.05, 4.69) is 23.2 Å². The molecule has 0 radical (unpaired) electrons. The van der Waals surface area contributed by atoms with Crippen LogP contribution in [0.3, 0.4) is 0 Å². The summed E-state index contributed by atoms with van der Waals surface area (Å²) in [5, 5.41) is 4.03. The van der Waals surface area contributed by atoms with Crippen LogP contribution in [-0.4, -0.2) is 31.1 Å². The molecule has 0 saturated carbocycles. The zero-order chi connectivity index (χ0) is 18.8. The van der Waals surface area contributed by atoms with Crippen molar-refractivity contribution in [3.8, 4) is 5.75 Å². The predicted molar refractivity (Wildman–Crippen MR) is 109 cm³/mol. The number of rotatable bonds is 4. The first-order chi connectivity index (χ1) is 13.1. The molecular weight excluding hydrogens is 338 g/mol. The summed E-state index contributed by atoms with van der Waals surface area (Å²) in [5.41, 5.74) is 3.49. The van der Waals surface area contributed by atoms with Crippen molar-refractivity contribution < 1.29 is 9.53 Å². The van der Waals surface area contributed by atoms with Gasteiger partial charge in [0.15, 0.2) is 0 Å². The highest BCUT2D eigenvalue weighted by Crippen LogP contribution is 2.27. The number of aromatic nitrogens is 1. The molecule has 27 heavy (non-hydrogen) atoms. The van der Waals surface area contributed by atoms with E-state index in [4.69, 9.17) is 9.72 Å². The number of benzene rings is 2. The van der Waals surface area contributed by atoms with E-state index in [-0.39, 0.29) is 5.91 Å². The van der Waals surface area contributed by atoms with Crippen LogP contribution in [0.25, 0.3) is 10.9 Å². The van der Waals surface area contributed by atoms with Gasteiger partial charge in [0.1, 0.15) is 11.6 Å². The Morgan fingerprint density at radius 3 is 2.52 bits per heavy atom. The van der Waals surface area contributed by atoms with E-state index >= 15 is 0 Å². The van der Waals surface area contributed by atoms with E-state index in [9.17, 15) is 4.79 Å². The van der Waals surface area contributed by atoms with Crippen molar-refractivity contribution in [1.29, 1.82) is 0 Å². The average molecular weight is 361 g/mol. The lowest BCUT2D eigenvalue weighted by Gasteiger charge is -2.18. The molecule has 0 bridgehead atoms. The lowest BCUT2D eigenvalue weighted by molar-refractivity contribution is 0.102. The summed E-state index contributed by atoms with van der Waals surface area (Å²) in [6.07, 6.45) is 2.46. The number of carbonyl (C=O) groups excluding carboxylic acids is 1. The van der Waals surface area contributed by atoms with Crippen LogP contribution in [0.5, 0.6) is 5.75 Å². The number of hydrogen-bond acceptors (Lipinski definition) is 4. The zero-order valence-corrected chi connectivity index (χ0v) is 15.7. The number of anilines is 2. The highest BCUT2D eigenvalue weighted by Gasteiger charge is 2.15. The molecule has 0 spiro atoms. The number of nitrogens with one attached hydrogen (secondary N) is 1. The maximum Gasteiger partial charge on any atom is 0.255 e. The largest absolute Gasteiger partial charge is 0.497 e. The molecule has 138 valence electrons. The second kappa shape index (κ2) is 7.27. The number of fused-ring (bicyclic) bond motifs is 1. The summed E-state index contributed by atoms with van der Waals surface area (Å²) >= 11 is 0. The minimum Gasteiger partial charge on any atom is -0.497 e. The first kappa shape index (κ1) is 17.3. The van der Waals surface area contributed by atoms with Gasteiger partial charge < -0.3 is 15.0 Å². The number of carbonyl (C=O) groups is 1. The molecule has 5 nitrogen and oxygen atoms in total.